The molecule has 0 unspecified atom stereocenters. The standard InChI is InChI=1S/C15H14BrFN2O2/c1-10(11-2-5-14(17)6-3-11)18-9-12-8-13(16)4-7-15(12)19(20)21/h2-8,10,18H,9H2,1H3/t10-/m1/s1. The Morgan fingerprint density at radius 3 is 2.57 bits per heavy atom. The first-order valence-electron chi connectivity index (χ1n) is 6.39. The number of nitrogens with zero attached hydrogens (tertiary/aromatic N) is 1. The van der Waals surface area contributed by atoms with Crippen molar-refractivity contribution in [2.24, 2.45) is 0 Å². The van der Waals surface area contributed by atoms with E-state index in [0.717, 1.165) is 10.0 Å². The van der Waals surface area contributed by atoms with Crippen molar-refractivity contribution in [1.29, 1.82) is 0 Å². The third kappa shape index (κ3) is 4.09. The highest BCUT2D eigenvalue weighted by atomic mass is 79.9. The van der Waals surface area contributed by atoms with Crippen molar-refractivity contribution in [2.75, 3.05) is 0 Å². The molecule has 1 N–H and O–H groups in total. The lowest BCUT2D eigenvalue weighted by atomic mass is 10.1. The van der Waals surface area contributed by atoms with Gasteiger partial charge in [-0.2, -0.15) is 0 Å². The lowest BCUT2D eigenvalue weighted by Gasteiger charge is -2.14. The van der Waals surface area contributed by atoms with Gasteiger partial charge in [0.15, 0.2) is 0 Å². The normalized spacial score (nSPS) is 12.1. The summed E-state index contributed by atoms with van der Waals surface area (Å²) in [6.07, 6.45) is 0. The summed E-state index contributed by atoms with van der Waals surface area (Å²) in [5.74, 6) is -0.284. The lowest BCUT2D eigenvalue weighted by molar-refractivity contribution is -0.385. The van der Waals surface area contributed by atoms with E-state index < -0.39 is 4.92 Å². The second kappa shape index (κ2) is 6.78. The number of hydrogen-bond donors (Lipinski definition) is 1. The minimum Gasteiger partial charge on any atom is -0.306 e. The largest absolute Gasteiger partial charge is 0.306 e. The molecule has 4 nitrogen and oxygen atoms in total. The topological polar surface area (TPSA) is 55.2 Å². The highest BCUT2D eigenvalue weighted by molar-refractivity contribution is 9.10. The van der Waals surface area contributed by atoms with Gasteiger partial charge in [0.25, 0.3) is 5.69 Å². The first kappa shape index (κ1) is 15.6. The molecule has 0 radical (unpaired) electrons. The summed E-state index contributed by atoms with van der Waals surface area (Å²) in [5, 5.41) is 14.2. The number of hydrogen-bond acceptors (Lipinski definition) is 3. The highest BCUT2D eigenvalue weighted by Gasteiger charge is 2.14. The van der Waals surface area contributed by atoms with Crippen LogP contribution in [0.25, 0.3) is 0 Å². The average Bonchev–Trinajstić information content (AvgIpc) is 2.45. The molecule has 0 aliphatic carbocycles. The zero-order valence-electron chi connectivity index (χ0n) is 11.3. The van der Waals surface area contributed by atoms with E-state index in [-0.39, 0.29) is 17.5 Å². The molecule has 2 rings (SSSR count). The van der Waals surface area contributed by atoms with E-state index in [4.69, 9.17) is 0 Å². The second-order valence-electron chi connectivity index (χ2n) is 4.68. The number of halogens is 2. The number of nitrogens with one attached hydrogen (secondary N) is 1. The van der Waals surface area contributed by atoms with Crippen molar-refractivity contribution >= 4 is 21.6 Å². The molecule has 0 aromatic heterocycles. The van der Waals surface area contributed by atoms with Gasteiger partial charge in [0, 0.05) is 28.7 Å². The first-order valence-corrected chi connectivity index (χ1v) is 7.18. The number of nitro groups is 1. The molecule has 110 valence electrons. The quantitative estimate of drug-likeness (QED) is 0.642. The SMILES string of the molecule is C[C@@H](NCc1cc(Br)ccc1[N+](=O)[O-])c1ccc(F)cc1. The van der Waals surface area contributed by atoms with Crippen LogP contribution in [0.5, 0.6) is 0 Å². The maximum atomic E-state index is 12.9. The molecule has 0 amide bonds. The van der Waals surface area contributed by atoms with Gasteiger partial charge in [-0.05, 0) is 36.8 Å². The molecule has 1 atom stereocenters. The number of rotatable bonds is 5. The maximum absolute atomic E-state index is 12.9. The summed E-state index contributed by atoms with van der Waals surface area (Å²) in [4.78, 5) is 10.6. The second-order valence-corrected chi connectivity index (χ2v) is 5.60. The van der Waals surface area contributed by atoms with Crippen molar-refractivity contribution < 1.29 is 9.31 Å². The third-order valence-electron chi connectivity index (χ3n) is 3.21. The van der Waals surface area contributed by atoms with Crippen LogP contribution in [0.15, 0.2) is 46.9 Å². The summed E-state index contributed by atoms with van der Waals surface area (Å²) >= 11 is 3.31. The van der Waals surface area contributed by atoms with Gasteiger partial charge in [0.1, 0.15) is 5.82 Å². The van der Waals surface area contributed by atoms with Gasteiger partial charge in [-0.3, -0.25) is 10.1 Å². The fourth-order valence-electron chi connectivity index (χ4n) is 2.01. The van der Waals surface area contributed by atoms with Gasteiger partial charge in [-0.25, -0.2) is 4.39 Å². The van der Waals surface area contributed by atoms with E-state index in [1.165, 1.54) is 18.2 Å². The Labute approximate surface area is 130 Å². The van der Waals surface area contributed by atoms with Crippen LogP contribution in [0, 0.1) is 15.9 Å². The van der Waals surface area contributed by atoms with Gasteiger partial charge in [0.2, 0.25) is 0 Å². The van der Waals surface area contributed by atoms with E-state index in [0.29, 0.717) is 12.1 Å². The molecule has 0 saturated heterocycles. The maximum Gasteiger partial charge on any atom is 0.273 e. The Morgan fingerprint density at radius 2 is 1.95 bits per heavy atom. The Bertz CT molecular complexity index is 647. The minimum absolute atomic E-state index is 0.0378. The van der Waals surface area contributed by atoms with E-state index >= 15 is 0 Å². The van der Waals surface area contributed by atoms with Crippen LogP contribution in [-0.2, 0) is 6.54 Å². The van der Waals surface area contributed by atoms with Crippen LogP contribution in [0.1, 0.15) is 24.1 Å². The predicted molar refractivity (Wildman–Crippen MR) is 82.5 cm³/mol. The molecule has 0 bridgehead atoms. The highest BCUT2D eigenvalue weighted by Crippen LogP contribution is 2.24. The van der Waals surface area contributed by atoms with Gasteiger partial charge in [-0.1, -0.05) is 28.1 Å². The molecule has 0 saturated carbocycles. The predicted octanol–water partition coefficient (Wildman–Crippen LogP) is 4.35. The zero-order valence-corrected chi connectivity index (χ0v) is 12.9. The van der Waals surface area contributed by atoms with Crippen molar-refractivity contribution in [3.63, 3.8) is 0 Å². The van der Waals surface area contributed by atoms with Crippen molar-refractivity contribution in [1.82, 2.24) is 5.32 Å². The molecule has 0 fully saturated rings. The lowest BCUT2D eigenvalue weighted by Crippen LogP contribution is -2.18. The molecular weight excluding hydrogens is 339 g/mol. The molecule has 0 aliphatic heterocycles. The summed E-state index contributed by atoms with van der Waals surface area (Å²) in [5.41, 5.74) is 1.61. The van der Waals surface area contributed by atoms with Crippen LogP contribution in [0.3, 0.4) is 0 Å². The summed E-state index contributed by atoms with van der Waals surface area (Å²) < 4.78 is 13.7. The van der Waals surface area contributed by atoms with E-state index in [1.54, 1.807) is 24.3 Å². The molecular formula is C15H14BrFN2O2. The van der Waals surface area contributed by atoms with Crippen LogP contribution >= 0.6 is 15.9 Å². The summed E-state index contributed by atoms with van der Waals surface area (Å²) in [7, 11) is 0. The Balaban J connectivity index is 2.10. The van der Waals surface area contributed by atoms with E-state index in [1.807, 2.05) is 6.92 Å². The molecule has 6 heteroatoms. The van der Waals surface area contributed by atoms with Crippen molar-refractivity contribution in [2.45, 2.75) is 19.5 Å². The van der Waals surface area contributed by atoms with Crippen molar-refractivity contribution in [3.05, 3.63) is 74.0 Å². The number of nitro benzene ring substituents is 1. The van der Waals surface area contributed by atoms with Crippen LogP contribution < -0.4 is 5.32 Å². The minimum atomic E-state index is -0.397. The fourth-order valence-corrected chi connectivity index (χ4v) is 2.41. The smallest absolute Gasteiger partial charge is 0.273 e. The van der Waals surface area contributed by atoms with Crippen LogP contribution in [0.4, 0.5) is 10.1 Å². The third-order valence-corrected chi connectivity index (χ3v) is 3.70. The monoisotopic (exact) mass is 352 g/mol. The zero-order chi connectivity index (χ0) is 15.4. The van der Waals surface area contributed by atoms with Crippen molar-refractivity contribution in [3.8, 4) is 0 Å². The van der Waals surface area contributed by atoms with Crippen LogP contribution in [-0.4, -0.2) is 4.92 Å². The molecule has 0 heterocycles. The first-order chi connectivity index (χ1) is 9.97. The van der Waals surface area contributed by atoms with E-state index in [9.17, 15) is 14.5 Å². The molecule has 0 spiro atoms. The van der Waals surface area contributed by atoms with Crippen LogP contribution in [0.2, 0.25) is 0 Å². The van der Waals surface area contributed by atoms with Gasteiger partial charge in [0.05, 0.1) is 4.92 Å². The summed E-state index contributed by atoms with van der Waals surface area (Å²) in [6, 6.07) is 11.0. The summed E-state index contributed by atoms with van der Waals surface area (Å²) in [6.45, 7) is 2.28. The molecule has 2 aromatic carbocycles. The average molecular weight is 353 g/mol. The Morgan fingerprint density at radius 1 is 1.29 bits per heavy atom. The number of benzene rings is 2. The fraction of sp³-hybridized carbons (Fsp3) is 0.200. The van der Waals surface area contributed by atoms with Gasteiger partial charge < -0.3 is 5.32 Å². The molecule has 21 heavy (non-hydrogen) atoms. The molecule has 2 aromatic rings. The van der Waals surface area contributed by atoms with Gasteiger partial charge >= 0.3 is 0 Å². The Hall–Kier alpha value is -1.79. The van der Waals surface area contributed by atoms with E-state index in [2.05, 4.69) is 21.2 Å². The van der Waals surface area contributed by atoms with Gasteiger partial charge in [-0.15, -0.1) is 0 Å². The molecule has 0 aliphatic rings. The Kier molecular flexibility index (Phi) is 5.03.